The summed E-state index contributed by atoms with van der Waals surface area (Å²) in [6.07, 6.45) is 3.92. The zero-order chi connectivity index (χ0) is 16.4. The summed E-state index contributed by atoms with van der Waals surface area (Å²) in [5, 5.41) is 5.34. The lowest BCUT2D eigenvalue weighted by atomic mass is 10.2. The second-order valence-corrected chi connectivity index (χ2v) is 4.61. The summed E-state index contributed by atoms with van der Waals surface area (Å²) in [7, 11) is 1.33. The number of methoxy groups -OCH3 is 1. The van der Waals surface area contributed by atoms with Gasteiger partial charge in [0.1, 0.15) is 0 Å². The van der Waals surface area contributed by atoms with Gasteiger partial charge in [-0.25, -0.2) is 0 Å². The Bertz CT molecular complexity index is 550. The fraction of sp³-hybridized carbons (Fsp3) is 0.312. The van der Waals surface area contributed by atoms with Crippen molar-refractivity contribution in [1.82, 2.24) is 5.32 Å². The van der Waals surface area contributed by atoms with E-state index in [0.29, 0.717) is 18.7 Å². The molecule has 2 N–H and O–H groups in total. The maximum Gasteiger partial charge on any atom is 0.305 e. The highest BCUT2D eigenvalue weighted by molar-refractivity contribution is 5.92. The van der Waals surface area contributed by atoms with Crippen LogP contribution in [0.4, 0.5) is 5.69 Å². The molecule has 0 saturated heterocycles. The molecule has 2 amide bonds. The van der Waals surface area contributed by atoms with Gasteiger partial charge >= 0.3 is 5.97 Å². The van der Waals surface area contributed by atoms with E-state index in [1.54, 1.807) is 30.3 Å². The Labute approximate surface area is 129 Å². The molecule has 6 heteroatoms. The highest BCUT2D eigenvalue weighted by atomic mass is 16.5. The standard InChI is InChI=1S/C16H20N2O4/c1-12(19)18-14-8-5-13(6-9-14)7-10-15(20)17-11-3-4-16(21)22-2/h5-10H,3-4,11H2,1-2H3,(H,17,20)(H,18,19)/b10-7+. The van der Waals surface area contributed by atoms with E-state index in [-0.39, 0.29) is 24.2 Å². The van der Waals surface area contributed by atoms with Gasteiger partial charge in [0.05, 0.1) is 7.11 Å². The van der Waals surface area contributed by atoms with E-state index < -0.39 is 0 Å². The van der Waals surface area contributed by atoms with Crippen molar-refractivity contribution in [2.24, 2.45) is 0 Å². The lowest BCUT2D eigenvalue weighted by Gasteiger charge is -2.02. The minimum absolute atomic E-state index is 0.130. The fourth-order valence-electron chi connectivity index (χ4n) is 1.66. The van der Waals surface area contributed by atoms with Gasteiger partial charge in [0.2, 0.25) is 11.8 Å². The quantitative estimate of drug-likeness (QED) is 0.456. The molecule has 0 fully saturated rings. The first kappa shape index (κ1) is 17.4. The largest absolute Gasteiger partial charge is 0.469 e. The van der Waals surface area contributed by atoms with Crippen molar-refractivity contribution in [2.45, 2.75) is 19.8 Å². The molecule has 1 rings (SSSR count). The SMILES string of the molecule is COC(=O)CCCNC(=O)/C=C/c1ccc(NC(C)=O)cc1. The number of benzene rings is 1. The summed E-state index contributed by atoms with van der Waals surface area (Å²) in [6.45, 7) is 1.86. The Hall–Kier alpha value is -2.63. The molecule has 6 nitrogen and oxygen atoms in total. The van der Waals surface area contributed by atoms with Gasteiger partial charge in [0.25, 0.3) is 0 Å². The van der Waals surface area contributed by atoms with E-state index in [4.69, 9.17) is 0 Å². The van der Waals surface area contributed by atoms with Gasteiger partial charge in [-0.2, -0.15) is 0 Å². The van der Waals surface area contributed by atoms with E-state index in [9.17, 15) is 14.4 Å². The molecule has 0 radical (unpaired) electrons. The lowest BCUT2D eigenvalue weighted by molar-refractivity contribution is -0.140. The molecule has 0 aromatic heterocycles. The van der Waals surface area contributed by atoms with Gasteiger partial charge < -0.3 is 15.4 Å². The third kappa shape index (κ3) is 7.23. The first-order valence-electron chi connectivity index (χ1n) is 6.91. The molecule has 0 aliphatic heterocycles. The first-order chi connectivity index (χ1) is 10.5. The van der Waals surface area contributed by atoms with Crippen LogP contribution >= 0.6 is 0 Å². The van der Waals surface area contributed by atoms with Crippen LogP contribution in [0.3, 0.4) is 0 Å². The van der Waals surface area contributed by atoms with Crippen molar-refractivity contribution in [3.63, 3.8) is 0 Å². The summed E-state index contributed by atoms with van der Waals surface area (Å²) >= 11 is 0. The average molecular weight is 304 g/mol. The molecule has 0 saturated carbocycles. The number of rotatable bonds is 7. The number of anilines is 1. The molecule has 0 aliphatic rings. The van der Waals surface area contributed by atoms with Crippen LogP contribution in [-0.4, -0.2) is 31.4 Å². The van der Waals surface area contributed by atoms with Crippen molar-refractivity contribution >= 4 is 29.5 Å². The predicted octanol–water partition coefficient (Wildman–Crippen LogP) is 1.73. The van der Waals surface area contributed by atoms with E-state index in [1.165, 1.54) is 20.1 Å². The van der Waals surface area contributed by atoms with Crippen molar-refractivity contribution < 1.29 is 19.1 Å². The third-order valence-electron chi connectivity index (χ3n) is 2.74. The van der Waals surface area contributed by atoms with Crippen LogP contribution in [0.5, 0.6) is 0 Å². The van der Waals surface area contributed by atoms with Crippen LogP contribution in [0.2, 0.25) is 0 Å². The van der Waals surface area contributed by atoms with E-state index in [0.717, 1.165) is 5.56 Å². The normalized spacial score (nSPS) is 10.3. The van der Waals surface area contributed by atoms with Crippen LogP contribution in [0.1, 0.15) is 25.3 Å². The monoisotopic (exact) mass is 304 g/mol. The zero-order valence-electron chi connectivity index (χ0n) is 12.7. The zero-order valence-corrected chi connectivity index (χ0v) is 12.7. The van der Waals surface area contributed by atoms with Crippen molar-refractivity contribution in [3.8, 4) is 0 Å². The summed E-state index contributed by atoms with van der Waals surface area (Å²) in [5.74, 6) is -0.644. The highest BCUT2D eigenvalue weighted by Gasteiger charge is 2.00. The topological polar surface area (TPSA) is 84.5 Å². The molecule has 1 aromatic carbocycles. The second kappa shape index (κ2) is 9.33. The van der Waals surface area contributed by atoms with E-state index in [2.05, 4.69) is 15.4 Å². The first-order valence-corrected chi connectivity index (χ1v) is 6.91. The summed E-state index contributed by atoms with van der Waals surface area (Å²) < 4.78 is 4.50. The Balaban J connectivity index is 2.35. The molecular weight excluding hydrogens is 284 g/mol. The molecule has 0 unspecified atom stereocenters. The molecule has 0 aliphatic carbocycles. The van der Waals surface area contributed by atoms with Gasteiger partial charge in [-0.15, -0.1) is 0 Å². The maximum atomic E-state index is 11.6. The number of hydrogen-bond acceptors (Lipinski definition) is 4. The summed E-state index contributed by atoms with van der Waals surface area (Å²) in [4.78, 5) is 33.4. The summed E-state index contributed by atoms with van der Waals surface area (Å²) in [5.41, 5.74) is 1.55. The van der Waals surface area contributed by atoms with Crippen molar-refractivity contribution in [3.05, 3.63) is 35.9 Å². The number of carbonyl (C=O) groups is 3. The van der Waals surface area contributed by atoms with Crippen LogP contribution in [-0.2, 0) is 19.1 Å². The number of hydrogen-bond donors (Lipinski definition) is 2. The van der Waals surface area contributed by atoms with Gasteiger partial charge in [0.15, 0.2) is 0 Å². The minimum atomic E-state index is -0.288. The molecule has 22 heavy (non-hydrogen) atoms. The number of esters is 1. The molecule has 0 atom stereocenters. The number of nitrogens with one attached hydrogen (secondary N) is 2. The summed E-state index contributed by atoms with van der Waals surface area (Å²) in [6, 6.07) is 7.11. The van der Waals surface area contributed by atoms with Crippen LogP contribution in [0, 0.1) is 0 Å². The Morgan fingerprint density at radius 1 is 1.18 bits per heavy atom. The van der Waals surface area contributed by atoms with Crippen LogP contribution in [0.15, 0.2) is 30.3 Å². The Morgan fingerprint density at radius 3 is 2.45 bits per heavy atom. The molecule has 0 bridgehead atoms. The number of carbonyl (C=O) groups excluding carboxylic acids is 3. The Kier molecular flexibility index (Phi) is 7.39. The smallest absolute Gasteiger partial charge is 0.305 e. The second-order valence-electron chi connectivity index (χ2n) is 4.61. The fourth-order valence-corrected chi connectivity index (χ4v) is 1.66. The van der Waals surface area contributed by atoms with E-state index in [1.807, 2.05) is 0 Å². The van der Waals surface area contributed by atoms with Gasteiger partial charge in [-0.3, -0.25) is 14.4 Å². The van der Waals surface area contributed by atoms with Crippen LogP contribution < -0.4 is 10.6 Å². The number of ether oxygens (including phenoxy) is 1. The molecule has 0 heterocycles. The third-order valence-corrected chi connectivity index (χ3v) is 2.74. The predicted molar refractivity (Wildman–Crippen MR) is 84.0 cm³/mol. The Morgan fingerprint density at radius 2 is 1.86 bits per heavy atom. The molecule has 118 valence electrons. The van der Waals surface area contributed by atoms with E-state index >= 15 is 0 Å². The lowest BCUT2D eigenvalue weighted by Crippen LogP contribution is -2.22. The molecular formula is C16H20N2O4. The van der Waals surface area contributed by atoms with Gasteiger partial charge in [-0.1, -0.05) is 12.1 Å². The number of amides is 2. The maximum absolute atomic E-state index is 11.6. The van der Waals surface area contributed by atoms with Crippen molar-refractivity contribution in [2.75, 3.05) is 19.0 Å². The van der Waals surface area contributed by atoms with Gasteiger partial charge in [0, 0.05) is 31.7 Å². The van der Waals surface area contributed by atoms with Gasteiger partial charge in [-0.05, 0) is 30.2 Å². The highest BCUT2D eigenvalue weighted by Crippen LogP contribution is 2.10. The molecule has 0 spiro atoms. The molecule has 1 aromatic rings. The van der Waals surface area contributed by atoms with Crippen molar-refractivity contribution in [1.29, 1.82) is 0 Å². The van der Waals surface area contributed by atoms with Crippen LogP contribution in [0.25, 0.3) is 6.08 Å². The average Bonchev–Trinajstić information content (AvgIpc) is 2.50. The minimum Gasteiger partial charge on any atom is -0.469 e.